The van der Waals surface area contributed by atoms with Crippen molar-refractivity contribution >= 4 is 32.0 Å². The minimum atomic E-state index is -1.05. The molecule has 0 atom stereocenters. The maximum atomic E-state index is 2.49. The Hall–Kier alpha value is 0.801. The van der Waals surface area contributed by atoms with E-state index in [0.29, 0.717) is 0 Å². The molecule has 0 aromatic heterocycles. The molecule has 0 unspecified atom stereocenters. The SMILES string of the molecule is C[Si](C)(C)c1cc2c([cH-]1)CCCC2.C[Si](C)(C)c1cc2c([cH-]1)CCCC2.C[Si](C)=[Hf+2].[Cl-].[Cl-]. The quantitative estimate of drug-likeness (QED) is 0.318. The van der Waals surface area contributed by atoms with Crippen molar-refractivity contribution in [3.8, 4) is 0 Å². The standard InChI is InChI=1S/2C12H19Si.C2H6Si.2ClH.Hf/c2*1-13(2,3)12-8-10-6-4-5-7-11(10)9-12;1-3-2;;;/h2*8-9H,4-7H2,1-3H3;1-2H3;2*1H;/q2*-1;;;;+2/p-2. The molecule has 0 heterocycles. The summed E-state index contributed by atoms with van der Waals surface area (Å²) in [6, 6.07) is 9.95. The molecule has 0 saturated heterocycles. The molecule has 0 amide bonds. The monoisotopic (exact) mass is 690 g/mol. The molecule has 0 fully saturated rings. The average molecular weight is 690 g/mol. The summed E-state index contributed by atoms with van der Waals surface area (Å²) < 4.78 is 0. The fourth-order valence-corrected chi connectivity index (χ4v) is 6.69. The van der Waals surface area contributed by atoms with Crippen LogP contribution in [0, 0.1) is 0 Å². The van der Waals surface area contributed by atoms with Crippen molar-refractivity contribution in [2.75, 3.05) is 0 Å². The fraction of sp³-hybridized carbons (Fsp3) is 0.615. The third-order valence-electron chi connectivity index (χ3n) is 6.16. The zero-order valence-corrected chi connectivity index (χ0v) is 29.8. The molecule has 2 aliphatic rings. The molecule has 0 spiro atoms. The maximum absolute atomic E-state index is 2.49. The summed E-state index contributed by atoms with van der Waals surface area (Å²) in [5.74, 6) is 0. The van der Waals surface area contributed by atoms with Crippen LogP contribution >= 0.6 is 0 Å². The maximum Gasteiger partial charge on any atom is -1.00 e. The largest absolute Gasteiger partial charge is 1.00 e. The molecule has 0 saturated carbocycles. The van der Waals surface area contributed by atoms with Gasteiger partial charge >= 0.3 is 41.6 Å². The Morgan fingerprint density at radius 2 is 0.938 bits per heavy atom. The normalized spacial score (nSPS) is 14.8. The second-order valence-electron chi connectivity index (χ2n) is 11.5. The Morgan fingerprint density at radius 1 is 0.656 bits per heavy atom. The van der Waals surface area contributed by atoms with Crippen LogP contribution in [-0.4, -0.2) is 21.6 Å². The Bertz CT molecular complexity index is 723. The predicted molar refractivity (Wildman–Crippen MR) is 141 cm³/mol. The van der Waals surface area contributed by atoms with Crippen LogP contribution in [0.15, 0.2) is 24.3 Å². The van der Waals surface area contributed by atoms with E-state index in [1.807, 2.05) is 0 Å². The number of hydrogen-bond donors (Lipinski definition) is 0. The Balaban J connectivity index is 0.000000490. The van der Waals surface area contributed by atoms with Crippen molar-refractivity contribution in [1.29, 1.82) is 0 Å². The van der Waals surface area contributed by atoms with Gasteiger partial charge < -0.3 is 24.8 Å². The van der Waals surface area contributed by atoms with Crippen molar-refractivity contribution in [1.82, 2.24) is 0 Å². The molecule has 0 N–H and O–H groups in total. The molecule has 0 aliphatic heterocycles. The van der Waals surface area contributed by atoms with Crippen LogP contribution in [0.4, 0.5) is 0 Å². The first-order chi connectivity index (χ1) is 13.9. The van der Waals surface area contributed by atoms with E-state index < -0.39 is 16.1 Å². The van der Waals surface area contributed by atoms with Gasteiger partial charge in [-0.25, -0.2) is 12.1 Å². The van der Waals surface area contributed by atoms with Crippen molar-refractivity contribution in [3.63, 3.8) is 0 Å². The minimum absolute atomic E-state index is 0. The first kappa shape index (κ1) is 32.8. The number of fused-ring (bicyclic) bond motifs is 2. The third kappa shape index (κ3) is 10.6. The molecular formula is C26H44Cl2HfSi3-2. The molecule has 180 valence electrons. The number of aryl methyl sites for hydroxylation is 4. The number of halogens is 2. The Kier molecular flexibility index (Phi) is 14.7. The summed E-state index contributed by atoms with van der Waals surface area (Å²) in [4.78, 5) is 0. The second-order valence-corrected chi connectivity index (χ2v) is 34.4. The molecule has 0 nitrogen and oxygen atoms in total. The summed E-state index contributed by atoms with van der Waals surface area (Å²) in [5.41, 5.74) is 6.88. The van der Waals surface area contributed by atoms with Gasteiger partial charge in [0, 0.05) is 0 Å². The van der Waals surface area contributed by atoms with E-state index in [9.17, 15) is 0 Å². The molecule has 2 aliphatic carbocycles. The van der Waals surface area contributed by atoms with E-state index in [4.69, 9.17) is 0 Å². The van der Waals surface area contributed by atoms with Gasteiger partial charge in [0.05, 0.1) is 16.1 Å². The van der Waals surface area contributed by atoms with Crippen molar-refractivity contribution in [3.05, 3.63) is 46.5 Å². The van der Waals surface area contributed by atoms with Crippen LogP contribution < -0.4 is 35.2 Å². The summed E-state index contributed by atoms with van der Waals surface area (Å²) >= 11 is 1.45. The van der Waals surface area contributed by atoms with Crippen LogP contribution in [-0.2, 0) is 48.7 Å². The van der Waals surface area contributed by atoms with Crippen molar-refractivity contribution in [2.24, 2.45) is 0 Å². The van der Waals surface area contributed by atoms with Gasteiger partial charge in [-0.05, 0) is 0 Å². The Morgan fingerprint density at radius 3 is 1.19 bits per heavy atom. The van der Waals surface area contributed by atoms with Crippen LogP contribution in [0.5, 0.6) is 0 Å². The van der Waals surface area contributed by atoms with Gasteiger partial charge in [-0.2, -0.15) is 44.8 Å². The fourth-order valence-electron chi connectivity index (χ4n) is 4.26. The van der Waals surface area contributed by atoms with Gasteiger partial charge in [0.2, 0.25) is 0 Å². The molecule has 6 heteroatoms. The van der Waals surface area contributed by atoms with Crippen molar-refractivity contribution in [2.45, 2.75) is 104 Å². The first-order valence-corrected chi connectivity index (χ1v) is 26.9. The van der Waals surface area contributed by atoms with Crippen molar-refractivity contribution < 1.29 is 47.8 Å². The van der Waals surface area contributed by atoms with Gasteiger partial charge in [0.1, 0.15) is 0 Å². The van der Waals surface area contributed by atoms with Crippen LogP contribution in [0.1, 0.15) is 47.9 Å². The zero-order chi connectivity index (χ0) is 22.5. The second kappa shape index (κ2) is 14.4. The summed E-state index contributed by atoms with van der Waals surface area (Å²) in [6.07, 6.45) is 11.0. The Labute approximate surface area is 228 Å². The van der Waals surface area contributed by atoms with Gasteiger partial charge in [-0.3, -0.25) is 0 Å². The van der Waals surface area contributed by atoms with Gasteiger partial charge in [-0.1, -0.05) is 90.6 Å². The summed E-state index contributed by atoms with van der Waals surface area (Å²) in [5, 5.41) is 3.33. The zero-order valence-electron chi connectivity index (χ0n) is 21.7. The molecule has 2 aromatic carbocycles. The van der Waals surface area contributed by atoms with E-state index in [0.717, 1.165) is 0 Å². The van der Waals surface area contributed by atoms with E-state index in [1.54, 1.807) is 32.6 Å². The molecule has 2 aromatic rings. The summed E-state index contributed by atoms with van der Waals surface area (Å²) in [6.45, 7) is 19.3. The number of hydrogen-bond acceptors (Lipinski definition) is 0. The van der Waals surface area contributed by atoms with E-state index in [1.165, 1.54) is 74.4 Å². The topological polar surface area (TPSA) is 0 Å². The van der Waals surface area contributed by atoms with Crippen LogP contribution in [0.3, 0.4) is 0 Å². The molecule has 0 bridgehead atoms. The first-order valence-electron chi connectivity index (χ1n) is 12.0. The van der Waals surface area contributed by atoms with Gasteiger partial charge in [0.25, 0.3) is 0 Å². The molecule has 0 radical (unpaired) electrons. The van der Waals surface area contributed by atoms with E-state index in [-0.39, 0.29) is 30.3 Å². The molecular weight excluding hydrogens is 646 g/mol. The smallest absolute Gasteiger partial charge is 1.00 e. The molecule has 4 rings (SSSR count). The molecule has 32 heavy (non-hydrogen) atoms. The van der Waals surface area contributed by atoms with Crippen LogP contribution in [0.25, 0.3) is 0 Å². The predicted octanol–water partition coefficient (Wildman–Crippen LogP) is 0.451. The van der Waals surface area contributed by atoms with E-state index >= 15 is 0 Å². The number of rotatable bonds is 2. The van der Waals surface area contributed by atoms with Gasteiger partial charge in [-0.15, -0.1) is 0 Å². The van der Waals surface area contributed by atoms with E-state index in [2.05, 4.69) is 76.6 Å². The summed E-state index contributed by atoms with van der Waals surface area (Å²) in [7, 11) is -2.10. The minimum Gasteiger partial charge on any atom is -1.00 e. The van der Waals surface area contributed by atoms with Gasteiger partial charge in [0.15, 0.2) is 0 Å². The average Bonchev–Trinajstić information content (AvgIpc) is 3.25. The van der Waals surface area contributed by atoms with Crippen LogP contribution in [0.2, 0.25) is 52.4 Å². The third-order valence-corrected chi connectivity index (χ3v) is 10.2.